The molecule has 0 amide bonds. The van der Waals surface area contributed by atoms with Crippen molar-refractivity contribution in [3.63, 3.8) is 0 Å². The van der Waals surface area contributed by atoms with Gasteiger partial charge >= 0.3 is 5.69 Å². The van der Waals surface area contributed by atoms with Crippen LogP contribution in [0.2, 0.25) is 5.02 Å². The Labute approximate surface area is 205 Å². The quantitative estimate of drug-likeness (QED) is 0.267. The minimum Gasteiger partial charge on any atom is -0.432 e. The molecule has 2 heterocycles. The zero-order valence-corrected chi connectivity index (χ0v) is 19.7. The van der Waals surface area contributed by atoms with Crippen LogP contribution in [0.25, 0.3) is 10.9 Å². The highest BCUT2D eigenvalue weighted by molar-refractivity contribution is 7.80. The molecule has 0 radical (unpaired) electrons. The Balaban J connectivity index is 1.57. The lowest BCUT2D eigenvalue weighted by Gasteiger charge is -2.37. The molecule has 1 unspecified atom stereocenters. The van der Waals surface area contributed by atoms with E-state index in [1.54, 1.807) is 24.3 Å². The number of nitrogens with one attached hydrogen (secondary N) is 1. The molecule has 4 aromatic rings. The molecule has 34 heavy (non-hydrogen) atoms. The number of benzene rings is 3. The number of nitrogens with zero attached hydrogens (tertiary/aromatic N) is 2. The smallest absolute Gasteiger partial charge is 0.316 e. The summed E-state index contributed by atoms with van der Waals surface area (Å²) in [5, 5.41) is 2.01. The van der Waals surface area contributed by atoms with E-state index in [2.05, 4.69) is 4.98 Å². The average molecular weight is 497 g/mol. The van der Waals surface area contributed by atoms with Crippen LogP contribution in [0.15, 0.2) is 66.7 Å². The molecule has 0 saturated carbocycles. The molecule has 0 spiro atoms. The van der Waals surface area contributed by atoms with Crippen molar-refractivity contribution in [2.24, 2.45) is 0 Å². The molecule has 9 heteroatoms. The van der Waals surface area contributed by atoms with E-state index in [1.807, 2.05) is 35.2 Å². The number of aromatic amines is 1. The maximum atomic E-state index is 13.3. The summed E-state index contributed by atoms with van der Waals surface area (Å²) in [6.45, 7) is 0.602. The van der Waals surface area contributed by atoms with E-state index in [9.17, 15) is 9.30 Å². The van der Waals surface area contributed by atoms with Crippen molar-refractivity contribution in [3.8, 4) is 5.75 Å². The van der Waals surface area contributed by atoms with Gasteiger partial charge in [0, 0.05) is 40.3 Å². The van der Waals surface area contributed by atoms with Gasteiger partial charge < -0.3 is 14.6 Å². The zero-order valence-electron chi connectivity index (χ0n) is 18.1. The van der Waals surface area contributed by atoms with Crippen LogP contribution >= 0.6 is 23.8 Å². The molecule has 5 rings (SSSR count). The maximum Gasteiger partial charge on any atom is 0.316 e. The first kappa shape index (κ1) is 22.3. The molecule has 0 saturated heterocycles. The first-order valence-electron chi connectivity index (χ1n) is 10.6. The SMILES string of the molecule is CO[N+](=O)c1ccc(C2c3[nH]c4ccc(Cl)cc4c3CCN2C(=S)Oc2ccc(F)cc2)cc1. The van der Waals surface area contributed by atoms with E-state index in [1.165, 1.54) is 19.2 Å². The van der Waals surface area contributed by atoms with E-state index in [0.717, 1.165) is 34.1 Å². The van der Waals surface area contributed by atoms with Gasteiger partial charge in [0.25, 0.3) is 10.1 Å². The fourth-order valence-electron chi connectivity index (χ4n) is 4.35. The lowest BCUT2D eigenvalue weighted by Crippen LogP contribution is -2.42. The third-order valence-electron chi connectivity index (χ3n) is 5.93. The maximum absolute atomic E-state index is 13.3. The second-order valence-electron chi connectivity index (χ2n) is 7.91. The van der Waals surface area contributed by atoms with Crippen molar-refractivity contribution in [1.29, 1.82) is 0 Å². The number of H-pyrrole nitrogens is 1. The summed E-state index contributed by atoms with van der Waals surface area (Å²) in [5.74, 6) is 0.107. The second-order valence-corrected chi connectivity index (χ2v) is 8.69. The van der Waals surface area contributed by atoms with E-state index in [4.69, 9.17) is 33.4 Å². The summed E-state index contributed by atoms with van der Waals surface area (Å²) in [6, 6.07) is 18.3. The largest absolute Gasteiger partial charge is 0.432 e. The molecular weight excluding hydrogens is 477 g/mol. The van der Waals surface area contributed by atoms with Crippen LogP contribution in [0.4, 0.5) is 10.1 Å². The summed E-state index contributed by atoms with van der Waals surface area (Å²) in [4.78, 5) is 22.6. The van der Waals surface area contributed by atoms with Crippen LogP contribution in [0.5, 0.6) is 5.75 Å². The minimum absolute atomic E-state index is 0.269. The van der Waals surface area contributed by atoms with Gasteiger partial charge in [-0.1, -0.05) is 11.6 Å². The van der Waals surface area contributed by atoms with Gasteiger partial charge in [-0.2, -0.15) is 0 Å². The number of hydrogen-bond donors (Lipinski definition) is 1. The van der Waals surface area contributed by atoms with E-state index in [0.29, 0.717) is 27.9 Å². The molecule has 0 aliphatic carbocycles. The second kappa shape index (κ2) is 9.04. The third-order valence-corrected chi connectivity index (χ3v) is 6.48. The van der Waals surface area contributed by atoms with Crippen molar-refractivity contribution in [2.75, 3.05) is 13.7 Å². The van der Waals surface area contributed by atoms with Gasteiger partial charge in [-0.05, 0) is 84.4 Å². The van der Waals surface area contributed by atoms with Crippen LogP contribution in [0.3, 0.4) is 0 Å². The summed E-state index contributed by atoms with van der Waals surface area (Å²) >= 11 is 12.0. The van der Waals surface area contributed by atoms with Crippen molar-refractivity contribution in [1.82, 2.24) is 9.88 Å². The van der Waals surface area contributed by atoms with Gasteiger partial charge in [-0.3, -0.25) is 0 Å². The van der Waals surface area contributed by atoms with Gasteiger partial charge in [-0.25, -0.2) is 9.23 Å². The molecule has 0 fully saturated rings. The lowest BCUT2D eigenvalue weighted by atomic mass is 9.92. The molecule has 1 N–H and O–H groups in total. The fourth-order valence-corrected chi connectivity index (χ4v) is 4.81. The molecular formula is C25H20ClFN3O3S+. The topological polar surface area (TPSA) is 57.6 Å². The highest BCUT2D eigenvalue weighted by Crippen LogP contribution is 2.40. The first-order valence-corrected chi connectivity index (χ1v) is 11.4. The van der Waals surface area contributed by atoms with Crippen molar-refractivity contribution in [3.05, 3.63) is 99.3 Å². The van der Waals surface area contributed by atoms with Crippen LogP contribution in [-0.2, 0) is 11.3 Å². The predicted octanol–water partition coefficient (Wildman–Crippen LogP) is 6.24. The Hall–Kier alpha value is -3.49. The average Bonchev–Trinajstić information content (AvgIpc) is 3.22. The summed E-state index contributed by atoms with van der Waals surface area (Å²) < 4.78 is 19.3. The van der Waals surface area contributed by atoms with Crippen LogP contribution < -0.4 is 4.74 Å². The predicted molar refractivity (Wildman–Crippen MR) is 132 cm³/mol. The molecule has 0 bridgehead atoms. The molecule has 3 aromatic carbocycles. The monoisotopic (exact) mass is 496 g/mol. The highest BCUT2D eigenvalue weighted by Gasteiger charge is 2.34. The van der Waals surface area contributed by atoms with E-state index < -0.39 is 0 Å². The number of rotatable bonds is 4. The lowest BCUT2D eigenvalue weighted by molar-refractivity contribution is -0.736. The van der Waals surface area contributed by atoms with Gasteiger partial charge in [-0.15, -0.1) is 0 Å². The van der Waals surface area contributed by atoms with Crippen molar-refractivity contribution < 1.29 is 18.9 Å². The van der Waals surface area contributed by atoms with E-state index in [-0.39, 0.29) is 17.0 Å². The van der Waals surface area contributed by atoms with Gasteiger partial charge in [0.15, 0.2) is 7.11 Å². The van der Waals surface area contributed by atoms with Crippen LogP contribution in [0.1, 0.15) is 22.9 Å². The molecule has 1 aromatic heterocycles. The minimum atomic E-state index is -0.348. The zero-order chi connectivity index (χ0) is 23.8. The third kappa shape index (κ3) is 4.10. The van der Waals surface area contributed by atoms with Gasteiger partial charge in [0.05, 0.1) is 10.9 Å². The molecule has 172 valence electrons. The number of ether oxygens (including phenoxy) is 1. The number of thiocarbonyl (C=S) groups is 1. The molecule has 1 aliphatic heterocycles. The molecule has 1 aliphatic rings. The number of aromatic nitrogens is 1. The molecule has 6 nitrogen and oxygen atoms in total. The summed E-state index contributed by atoms with van der Waals surface area (Å²) in [7, 11) is 1.32. The van der Waals surface area contributed by atoms with Crippen molar-refractivity contribution >= 4 is 45.6 Å². The number of halogens is 2. The highest BCUT2D eigenvalue weighted by atomic mass is 35.5. The summed E-state index contributed by atoms with van der Waals surface area (Å²) in [6.07, 6.45) is 0.731. The van der Waals surface area contributed by atoms with Gasteiger partial charge in [0.1, 0.15) is 11.6 Å². The Morgan fingerprint density at radius 1 is 1.15 bits per heavy atom. The Morgan fingerprint density at radius 2 is 1.88 bits per heavy atom. The number of fused-ring (bicyclic) bond motifs is 3. The Kier molecular flexibility index (Phi) is 5.93. The van der Waals surface area contributed by atoms with E-state index >= 15 is 0 Å². The van der Waals surface area contributed by atoms with Gasteiger partial charge in [0.2, 0.25) is 0 Å². The Morgan fingerprint density at radius 3 is 2.59 bits per heavy atom. The first-order chi connectivity index (χ1) is 16.4. The molecule has 1 atom stereocenters. The number of hydrogen-bond acceptors (Lipinski definition) is 4. The van der Waals surface area contributed by atoms with Crippen molar-refractivity contribution in [2.45, 2.75) is 12.5 Å². The standard InChI is InChI=1S/C25H20ClFN3O3S/c1-32-30(31)18-7-2-15(3-8-18)24-23-20(21-14-16(26)4-11-22(21)28-23)12-13-29(24)25(34)33-19-9-5-17(27)6-10-19/h2-11,14,24,28H,12-13H2,1H3/q+1. The van der Waals surface area contributed by atoms with Crippen LogP contribution in [0, 0.1) is 10.7 Å². The van der Waals surface area contributed by atoms with Crippen LogP contribution in [-0.4, -0.2) is 33.6 Å². The fraction of sp³-hybridized carbons (Fsp3) is 0.160. The normalized spacial score (nSPS) is 15.1. The Bertz CT molecular complexity index is 1390. The summed E-state index contributed by atoms with van der Waals surface area (Å²) in [5.41, 5.74) is 4.41.